The van der Waals surface area contributed by atoms with Crippen LogP contribution < -0.4 is 9.47 Å². The number of carboxylic acid groups (broad SMARTS) is 1. The number of aliphatic hydroxyl groups excluding tert-OH is 1. The van der Waals surface area contributed by atoms with Gasteiger partial charge in [0.1, 0.15) is 0 Å². The highest BCUT2D eigenvalue weighted by Crippen LogP contribution is 2.42. The lowest BCUT2D eigenvalue weighted by molar-refractivity contribution is -0.144. The number of aryl methyl sites for hydroxylation is 1. The van der Waals surface area contributed by atoms with E-state index in [4.69, 9.17) is 9.47 Å². The Kier molecular flexibility index (Phi) is 8.82. The number of hydrogen-bond acceptors (Lipinski definition) is 7. The Balaban J connectivity index is 1.58. The molecular weight excluding hydrogens is 464 g/mol. The highest BCUT2D eigenvalue weighted by atomic mass is 16.7. The van der Waals surface area contributed by atoms with E-state index in [1.54, 1.807) is 15.8 Å². The minimum atomic E-state index is -0.874. The summed E-state index contributed by atoms with van der Waals surface area (Å²) in [6, 6.07) is 7.10. The molecule has 0 radical (unpaired) electrons. The van der Waals surface area contributed by atoms with Crippen LogP contribution in [0.3, 0.4) is 0 Å². The number of fused-ring (bicyclic) bond motifs is 1. The summed E-state index contributed by atoms with van der Waals surface area (Å²) in [5.41, 5.74) is 0.869. The van der Waals surface area contributed by atoms with Gasteiger partial charge in [0.25, 0.3) is 0 Å². The van der Waals surface area contributed by atoms with E-state index >= 15 is 0 Å². The second-order valence-corrected chi connectivity index (χ2v) is 9.45. The van der Waals surface area contributed by atoms with Crippen LogP contribution in [0.2, 0.25) is 0 Å². The molecular formula is C26H36N4O6. The van der Waals surface area contributed by atoms with Crippen LogP contribution in [0.4, 0.5) is 0 Å². The third-order valence-corrected chi connectivity index (χ3v) is 7.13. The number of unbranched alkanes of at least 4 members (excludes halogenated alkanes) is 1. The molecule has 0 unspecified atom stereocenters. The van der Waals surface area contributed by atoms with Gasteiger partial charge in [-0.3, -0.25) is 19.2 Å². The smallest absolute Gasteiger partial charge is 0.308 e. The number of nitrogens with zero attached hydrogens (tertiary/aromatic N) is 4. The fourth-order valence-corrected chi connectivity index (χ4v) is 5.28. The van der Waals surface area contributed by atoms with Gasteiger partial charge in [0.2, 0.25) is 12.7 Å². The van der Waals surface area contributed by atoms with E-state index in [-0.39, 0.29) is 37.8 Å². The summed E-state index contributed by atoms with van der Waals surface area (Å²) in [6.07, 6.45) is 6.49. The lowest BCUT2D eigenvalue weighted by Gasteiger charge is -2.29. The Hall–Kier alpha value is -3.11. The molecule has 196 valence electrons. The van der Waals surface area contributed by atoms with Gasteiger partial charge in [0.15, 0.2) is 11.5 Å². The Morgan fingerprint density at radius 3 is 2.72 bits per heavy atom. The lowest BCUT2D eigenvalue weighted by atomic mass is 9.84. The molecule has 1 aromatic carbocycles. The summed E-state index contributed by atoms with van der Waals surface area (Å²) in [5, 5.41) is 23.9. The molecule has 2 N–H and O–H groups in total. The maximum atomic E-state index is 13.4. The molecule has 3 atom stereocenters. The molecule has 0 saturated carbocycles. The molecule has 10 nitrogen and oxygen atoms in total. The summed E-state index contributed by atoms with van der Waals surface area (Å²) in [6.45, 7) is 4.54. The van der Waals surface area contributed by atoms with Crippen molar-refractivity contribution in [3.8, 4) is 11.5 Å². The van der Waals surface area contributed by atoms with Gasteiger partial charge in [-0.1, -0.05) is 19.4 Å². The van der Waals surface area contributed by atoms with Crippen LogP contribution >= 0.6 is 0 Å². The van der Waals surface area contributed by atoms with Crippen molar-refractivity contribution >= 4 is 11.9 Å². The highest BCUT2D eigenvalue weighted by Gasteiger charge is 2.47. The van der Waals surface area contributed by atoms with E-state index in [1.807, 2.05) is 35.4 Å². The van der Waals surface area contributed by atoms with Crippen LogP contribution in [0.25, 0.3) is 0 Å². The predicted molar refractivity (Wildman–Crippen MR) is 132 cm³/mol. The minimum absolute atomic E-state index is 0.0272. The number of benzene rings is 1. The molecule has 4 rings (SSSR count). The number of carbonyl (C=O) groups excluding carboxylic acids is 1. The van der Waals surface area contributed by atoms with E-state index in [0.29, 0.717) is 50.5 Å². The zero-order valence-corrected chi connectivity index (χ0v) is 20.8. The average molecular weight is 501 g/mol. The first-order chi connectivity index (χ1) is 17.5. The van der Waals surface area contributed by atoms with Crippen LogP contribution in [0.15, 0.2) is 36.7 Å². The quantitative estimate of drug-likeness (QED) is 0.430. The number of rotatable bonds is 13. The largest absolute Gasteiger partial charge is 0.481 e. The summed E-state index contributed by atoms with van der Waals surface area (Å²) >= 11 is 0. The van der Waals surface area contributed by atoms with Crippen molar-refractivity contribution in [3.05, 3.63) is 42.2 Å². The van der Waals surface area contributed by atoms with Gasteiger partial charge in [-0.05, 0) is 43.0 Å². The first kappa shape index (κ1) is 26.0. The summed E-state index contributed by atoms with van der Waals surface area (Å²) in [5.74, 6) is -0.614. The molecule has 2 aliphatic rings. The zero-order valence-electron chi connectivity index (χ0n) is 20.8. The van der Waals surface area contributed by atoms with Crippen molar-refractivity contribution in [1.82, 2.24) is 19.6 Å². The third kappa shape index (κ3) is 5.99. The zero-order chi connectivity index (χ0) is 25.5. The lowest BCUT2D eigenvalue weighted by Crippen LogP contribution is -2.45. The normalized spacial score (nSPS) is 21.1. The van der Waals surface area contributed by atoms with E-state index in [1.165, 1.54) is 0 Å². The van der Waals surface area contributed by atoms with Crippen LogP contribution in [-0.2, 0) is 16.1 Å². The van der Waals surface area contributed by atoms with Crippen molar-refractivity contribution < 1.29 is 29.3 Å². The first-order valence-electron chi connectivity index (χ1n) is 12.7. The number of ether oxygens (including phenoxy) is 2. The van der Waals surface area contributed by atoms with Gasteiger partial charge in [0.05, 0.1) is 12.5 Å². The molecule has 3 heterocycles. The number of aliphatic carboxylic acids is 1. The standard InChI is InChI=1S/C26H36N4O6/c1-2-3-10-28(11-5-14-31)24(32)17-29-16-20(19-6-7-22-23(15-19)36-18-35-22)25(26(33)34)21(29)8-13-30-12-4-9-27-30/h4,6-7,9,12,15,20-21,25,31H,2-3,5,8,10-11,13-14,16-18H2,1H3,(H,33,34)/t20-,21+,25-/m1/s1. The maximum absolute atomic E-state index is 13.4. The Morgan fingerprint density at radius 2 is 2.00 bits per heavy atom. The van der Waals surface area contributed by atoms with E-state index in [0.717, 1.165) is 18.4 Å². The molecule has 2 aliphatic heterocycles. The van der Waals surface area contributed by atoms with Gasteiger partial charge < -0.3 is 24.6 Å². The topological polar surface area (TPSA) is 117 Å². The molecule has 0 aliphatic carbocycles. The molecule has 10 heteroatoms. The molecule has 36 heavy (non-hydrogen) atoms. The second kappa shape index (κ2) is 12.2. The summed E-state index contributed by atoms with van der Waals surface area (Å²) in [4.78, 5) is 29.8. The van der Waals surface area contributed by atoms with Crippen LogP contribution in [-0.4, -0.2) is 87.3 Å². The monoisotopic (exact) mass is 500 g/mol. The van der Waals surface area contributed by atoms with Gasteiger partial charge in [-0.25, -0.2) is 0 Å². The van der Waals surface area contributed by atoms with Crippen LogP contribution in [0, 0.1) is 5.92 Å². The fraction of sp³-hybridized carbons (Fsp3) is 0.577. The van der Waals surface area contributed by atoms with Crippen molar-refractivity contribution in [2.45, 2.75) is 51.1 Å². The van der Waals surface area contributed by atoms with Crippen LogP contribution in [0.5, 0.6) is 11.5 Å². The SMILES string of the molecule is CCCCN(CCCO)C(=O)CN1C[C@H](c2ccc3c(c2)OCO3)[C@@H](C(=O)O)[C@@H]1CCn1cccn1. The van der Waals surface area contributed by atoms with Gasteiger partial charge in [-0.2, -0.15) is 5.10 Å². The number of carboxylic acids is 1. The van der Waals surface area contributed by atoms with Crippen LogP contribution in [0.1, 0.15) is 44.1 Å². The molecule has 0 bridgehead atoms. The number of likely N-dealkylation sites (tertiary alicyclic amines) is 1. The Morgan fingerprint density at radius 1 is 1.19 bits per heavy atom. The number of aliphatic hydroxyl groups is 1. The number of carbonyl (C=O) groups is 2. The van der Waals surface area contributed by atoms with Gasteiger partial charge in [0, 0.05) is 57.1 Å². The second-order valence-electron chi connectivity index (χ2n) is 9.45. The number of hydrogen-bond donors (Lipinski definition) is 2. The molecule has 1 fully saturated rings. The molecule has 2 aromatic rings. The van der Waals surface area contributed by atoms with Crippen molar-refractivity contribution in [2.24, 2.45) is 5.92 Å². The summed E-state index contributed by atoms with van der Waals surface area (Å²) in [7, 11) is 0. The predicted octanol–water partition coefficient (Wildman–Crippen LogP) is 2.18. The Labute approximate surface area is 211 Å². The molecule has 1 amide bonds. The number of amides is 1. The fourth-order valence-electron chi connectivity index (χ4n) is 5.28. The summed E-state index contributed by atoms with van der Waals surface area (Å²) < 4.78 is 12.8. The van der Waals surface area contributed by atoms with Gasteiger partial charge in [-0.15, -0.1) is 0 Å². The maximum Gasteiger partial charge on any atom is 0.308 e. The van der Waals surface area contributed by atoms with E-state index in [9.17, 15) is 19.8 Å². The average Bonchev–Trinajstić information content (AvgIpc) is 3.62. The molecule has 0 spiro atoms. The molecule has 1 saturated heterocycles. The highest BCUT2D eigenvalue weighted by molar-refractivity contribution is 5.79. The third-order valence-electron chi connectivity index (χ3n) is 7.13. The van der Waals surface area contributed by atoms with Crippen molar-refractivity contribution in [3.63, 3.8) is 0 Å². The van der Waals surface area contributed by atoms with Crippen molar-refractivity contribution in [1.29, 1.82) is 0 Å². The van der Waals surface area contributed by atoms with Crippen molar-refractivity contribution in [2.75, 3.05) is 39.6 Å². The molecule has 1 aromatic heterocycles. The van der Waals surface area contributed by atoms with E-state index < -0.39 is 11.9 Å². The van der Waals surface area contributed by atoms with Gasteiger partial charge >= 0.3 is 5.97 Å². The minimum Gasteiger partial charge on any atom is -0.481 e. The first-order valence-corrected chi connectivity index (χ1v) is 12.7. The Bertz CT molecular complexity index is 1010. The number of aromatic nitrogens is 2. The van der Waals surface area contributed by atoms with E-state index in [2.05, 4.69) is 12.0 Å².